The lowest BCUT2D eigenvalue weighted by Crippen LogP contribution is -2.60. The molecule has 2 aliphatic carbocycles. The molecular weight excluding hydrogens is 532 g/mol. The first-order chi connectivity index (χ1) is 18.4. The average Bonchev–Trinajstić information content (AvgIpc) is 2.80. The molecule has 2 rings (SSSR count). The normalized spacial score (nSPS) is 30.1. The second kappa shape index (κ2) is 11.9. The molecule has 0 amide bonds. The molecule has 1 fully saturated rings. The summed E-state index contributed by atoms with van der Waals surface area (Å²) in [5, 5.41) is 9.90. The molecule has 0 heterocycles. The molecule has 7 heteroatoms. The summed E-state index contributed by atoms with van der Waals surface area (Å²) in [5.74, 6) is -0.0110. The Hall–Kier alpha value is -1.52. The van der Waals surface area contributed by atoms with Crippen LogP contribution in [0.4, 0.5) is 0 Å². The van der Waals surface area contributed by atoms with Crippen LogP contribution in [0.3, 0.4) is 0 Å². The maximum Gasteiger partial charge on any atom is 0.209 e. The van der Waals surface area contributed by atoms with Gasteiger partial charge in [0.2, 0.25) is 10.0 Å². The largest absolute Gasteiger partial charge is 0.300 e. The molecule has 0 bridgehead atoms. The summed E-state index contributed by atoms with van der Waals surface area (Å²) in [5.41, 5.74) is -1.93. The van der Waals surface area contributed by atoms with Crippen molar-refractivity contribution >= 4 is 21.6 Å². The Labute approximate surface area is 251 Å². The van der Waals surface area contributed by atoms with Gasteiger partial charge >= 0.3 is 0 Å². The van der Waals surface area contributed by atoms with Gasteiger partial charge in [0.15, 0.2) is 5.78 Å². The van der Waals surface area contributed by atoms with Crippen LogP contribution < -0.4 is 4.72 Å². The number of nitrogens with zero attached hydrogens (tertiary/aromatic N) is 1. The van der Waals surface area contributed by atoms with Crippen molar-refractivity contribution in [1.82, 2.24) is 4.72 Å². The Kier molecular flexibility index (Phi) is 10.3. The Morgan fingerprint density at radius 2 is 1.61 bits per heavy atom. The summed E-state index contributed by atoms with van der Waals surface area (Å²) in [4.78, 5) is 26.0. The molecule has 0 aliphatic heterocycles. The summed E-state index contributed by atoms with van der Waals surface area (Å²) in [6.07, 6.45) is 10.6. The fourth-order valence-corrected chi connectivity index (χ4v) is 9.77. The smallest absolute Gasteiger partial charge is 0.209 e. The van der Waals surface area contributed by atoms with E-state index in [1.165, 1.54) is 6.26 Å². The lowest BCUT2D eigenvalue weighted by Gasteiger charge is -2.64. The van der Waals surface area contributed by atoms with Crippen LogP contribution in [0.25, 0.3) is 0 Å². The molecule has 0 aromatic rings. The lowest BCUT2D eigenvalue weighted by atomic mass is 9.39. The summed E-state index contributed by atoms with van der Waals surface area (Å²) in [6.45, 7) is 23.3. The number of allylic oxidation sites excluding steroid dienone is 2. The van der Waals surface area contributed by atoms with Crippen molar-refractivity contribution in [1.29, 1.82) is 5.26 Å². The van der Waals surface area contributed by atoms with Crippen LogP contribution >= 0.6 is 0 Å². The van der Waals surface area contributed by atoms with Crippen molar-refractivity contribution in [2.75, 3.05) is 6.26 Å². The van der Waals surface area contributed by atoms with Crippen LogP contribution in [0, 0.1) is 50.2 Å². The van der Waals surface area contributed by atoms with Gasteiger partial charge in [0.1, 0.15) is 11.9 Å². The molecule has 41 heavy (non-hydrogen) atoms. The SMILES string of the molecule is CCCC(C)(C)CC[C@@](C)(CCC(C)(C)[C@]1(C)CC[C@H]2C(C)(C)C(=O)C(C#N)=C[C@]2(C)[C@H]1CC(C)=O)NS(C)(=O)=O. The van der Waals surface area contributed by atoms with E-state index in [9.17, 15) is 23.3 Å². The van der Waals surface area contributed by atoms with E-state index in [1.54, 1.807) is 6.92 Å². The summed E-state index contributed by atoms with van der Waals surface area (Å²) < 4.78 is 28.0. The predicted octanol–water partition coefficient (Wildman–Crippen LogP) is 7.78. The summed E-state index contributed by atoms with van der Waals surface area (Å²) in [7, 11) is -3.41. The van der Waals surface area contributed by atoms with E-state index in [2.05, 4.69) is 59.3 Å². The molecule has 0 saturated heterocycles. The lowest BCUT2D eigenvalue weighted by molar-refractivity contribution is -0.155. The first-order valence-corrected chi connectivity index (χ1v) is 17.4. The van der Waals surface area contributed by atoms with Crippen molar-refractivity contribution in [3.63, 3.8) is 0 Å². The minimum absolute atomic E-state index is 0.0331. The van der Waals surface area contributed by atoms with E-state index < -0.39 is 26.4 Å². The van der Waals surface area contributed by atoms with E-state index in [0.29, 0.717) is 12.8 Å². The molecule has 6 nitrogen and oxygen atoms in total. The highest BCUT2D eigenvalue weighted by molar-refractivity contribution is 7.88. The number of sulfonamides is 1. The van der Waals surface area contributed by atoms with E-state index in [0.717, 1.165) is 44.9 Å². The fraction of sp³-hybridized carbons (Fsp3) is 0.853. The van der Waals surface area contributed by atoms with Gasteiger partial charge in [-0.1, -0.05) is 74.8 Å². The molecule has 0 radical (unpaired) electrons. The van der Waals surface area contributed by atoms with Crippen LogP contribution in [0.15, 0.2) is 11.6 Å². The highest BCUT2D eigenvalue weighted by Crippen LogP contribution is 2.68. The zero-order valence-electron chi connectivity index (χ0n) is 28.1. The number of carbonyl (C=O) groups excluding carboxylic acids is 2. The Bertz CT molecular complexity index is 1190. The van der Waals surface area contributed by atoms with E-state index in [4.69, 9.17) is 0 Å². The van der Waals surface area contributed by atoms with Crippen LogP contribution in [0.1, 0.15) is 134 Å². The zero-order chi connectivity index (χ0) is 31.9. The number of fused-ring (bicyclic) bond motifs is 1. The minimum Gasteiger partial charge on any atom is -0.300 e. The van der Waals surface area contributed by atoms with Gasteiger partial charge in [-0.05, 0) is 92.3 Å². The molecule has 5 atom stereocenters. The summed E-state index contributed by atoms with van der Waals surface area (Å²) in [6, 6.07) is 2.17. The van der Waals surface area contributed by atoms with Crippen LogP contribution in [0.2, 0.25) is 0 Å². The monoisotopic (exact) mass is 590 g/mol. The van der Waals surface area contributed by atoms with Crippen LogP contribution in [-0.2, 0) is 19.6 Å². The van der Waals surface area contributed by atoms with Gasteiger partial charge in [-0.25, -0.2) is 13.1 Å². The number of carbonyl (C=O) groups is 2. The topological polar surface area (TPSA) is 104 Å². The molecule has 1 N–H and O–H groups in total. The van der Waals surface area contributed by atoms with Gasteiger partial charge in [-0.2, -0.15) is 5.26 Å². The molecule has 234 valence electrons. The zero-order valence-corrected chi connectivity index (χ0v) is 28.9. The number of rotatable bonds is 13. The molecule has 0 unspecified atom stereocenters. The predicted molar refractivity (Wildman–Crippen MR) is 168 cm³/mol. The van der Waals surface area contributed by atoms with Gasteiger partial charge in [-0.15, -0.1) is 0 Å². The van der Waals surface area contributed by atoms with Gasteiger partial charge in [0.25, 0.3) is 0 Å². The van der Waals surface area contributed by atoms with Crippen LogP contribution in [-0.4, -0.2) is 31.8 Å². The Morgan fingerprint density at radius 1 is 1.05 bits per heavy atom. The second-order valence-electron chi connectivity index (χ2n) is 16.3. The molecule has 1 saturated carbocycles. The molecule has 2 aliphatic rings. The van der Waals surface area contributed by atoms with Crippen molar-refractivity contribution in [2.45, 2.75) is 139 Å². The standard InChI is InChI=1S/C34H58N2O4S/c1-13-15-29(3,4)17-19-32(9,36-41(12,39)40)20-18-30(5,6)34(11)16-14-26-31(7,8)28(38)25(23-35)22-33(26,10)27(34)21-24(2)37/h22,26-27,36H,13-21H2,1-12H3/t26-,27+,32-,33-,34+/m0/s1. The number of nitrogens with one attached hydrogen (secondary N) is 1. The second-order valence-corrected chi connectivity index (χ2v) is 18.0. The number of nitriles is 1. The van der Waals surface area contributed by atoms with Crippen molar-refractivity contribution in [3.05, 3.63) is 11.6 Å². The first kappa shape index (κ1) is 35.7. The van der Waals surface area contributed by atoms with Gasteiger partial charge in [0.05, 0.1) is 11.8 Å². The Morgan fingerprint density at radius 3 is 2.10 bits per heavy atom. The van der Waals surface area contributed by atoms with Crippen molar-refractivity contribution in [3.8, 4) is 6.07 Å². The fourth-order valence-electron chi connectivity index (χ4n) is 8.67. The third-order valence-electron chi connectivity index (χ3n) is 11.6. The van der Waals surface area contributed by atoms with Gasteiger partial charge in [0, 0.05) is 17.4 Å². The molecule has 0 aromatic carbocycles. The van der Waals surface area contributed by atoms with Gasteiger partial charge in [-0.3, -0.25) is 4.79 Å². The number of hydrogen-bond acceptors (Lipinski definition) is 5. The summed E-state index contributed by atoms with van der Waals surface area (Å²) >= 11 is 0. The number of ketones is 2. The third kappa shape index (κ3) is 7.53. The number of hydrogen-bond donors (Lipinski definition) is 1. The van der Waals surface area contributed by atoms with E-state index >= 15 is 0 Å². The highest BCUT2D eigenvalue weighted by atomic mass is 32.2. The quantitative estimate of drug-likeness (QED) is 0.236. The molecule has 0 spiro atoms. The van der Waals surface area contributed by atoms with Gasteiger partial charge < -0.3 is 4.79 Å². The van der Waals surface area contributed by atoms with Crippen molar-refractivity contribution < 1.29 is 18.0 Å². The number of Topliss-reactive ketones (excluding diaryl/α,β-unsaturated/α-hetero) is 2. The van der Waals surface area contributed by atoms with Crippen LogP contribution in [0.5, 0.6) is 0 Å². The maximum atomic E-state index is 13.2. The third-order valence-corrected chi connectivity index (χ3v) is 12.4. The highest BCUT2D eigenvalue weighted by Gasteiger charge is 2.63. The van der Waals surface area contributed by atoms with Crippen molar-refractivity contribution in [2.24, 2.45) is 38.9 Å². The molecule has 0 aromatic heterocycles. The van der Waals surface area contributed by atoms with E-state index in [1.807, 2.05) is 26.8 Å². The Balaban J connectivity index is 2.52. The molecular formula is C34H58N2O4S. The minimum atomic E-state index is -3.41. The average molecular weight is 591 g/mol. The first-order valence-electron chi connectivity index (χ1n) is 15.6. The maximum absolute atomic E-state index is 13.2. The van der Waals surface area contributed by atoms with E-state index in [-0.39, 0.29) is 45.2 Å².